The molecule has 0 radical (unpaired) electrons. The standard InChI is InChI=1S/C13H15N3O3/c1-13(2,6-10(14)17)16-7-15-9-5-3-4-8(11(9)16)12(18)19/h3-5,7H,6H2,1-2H3,(H2,14,17)(H,18,19). The van der Waals surface area contributed by atoms with E-state index in [0.29, 0.717) is 11.0 Å². The van der Waals surface area contributed by atoms with Gasteiger partial charge in [-0.05, 0) is 26.0 Å². The Bertz CT molecular complexity index is 658. The van der Waals surface area contributed by atoms with Crippen LogP contribution in [-0.4, -0.2) is 26.5 Å². The van der Waals surface area contributed by atoms with E-state index in [1.807, 2.05) is 13.8 Å². The molecule has 1 aromatic carbocycles. The van der Waals surface area contributed by atoms with Crippen LogP contribution in [0.25, 0.3) is 11.0 Å². The van der Waals surface area contributed by atoms with Crippen LogP contribution in [0.2, 0.25) is 0 Å². The molecule has 100 valence electrons. The van der Waals surface area contributed by atoms with Crippen molar-refractivity contribution in [3.63, 3.8) is 0 Å². The Balaban J connectivity index is 2.68. The van der Waals surface area contributed by atoms with E-state index in [4.69, 9.17) is 5.73 Å². The maximum Gasteiger partial charge on any atom is 0.337 e. The average Bonchev–Trinajstić information content (AvgIpc) is 2.70. The number of rotatable bonds is 4. The van der Waals surface area contributed by atoms with Gasteiger partial charge in [-0.1, -0.05) is 6.07 Å². The van der Waals surface area contributed by atoms with Crippen molar-refractivity contribution in [2.75, 3.05) is 0 Å². The Kier molecular flexibility index (Phi) is 3.01. The third kappa shape index (κ3) is 2.29. The Morgan fingerprint density at radius 3 is 2.68 bits per heavy atom. The second-order valence-electron chi connectivity index (χ2n) is 5.05. The van der Waals surface area contributed by atoms with E-state index in [2.05, 4.69) is 4.98 Å². The fraction of sp³-hybridized carbons (Fsp3) is 0.308. The molecule has 0 unspecified atom stereocenters. The SMILES string of the molecule is CC(C)(CC(N)=O)n1cnc2cccc(C(=O)O)c21. The monoisotopic (exact) mass is 261 g/mol. The summed E-state index contributed by atoms with van der Waals surface area (Å²) in [4.78, 5) is 26.6. The summed E-state index contributed by atoms with van der Waals surface area (Å²) in [6, 6.07) is 4.89. The molecule has 0 aliphatic carbocycles. The minimum Gasteiger partial charge on any atom is -0.478 e. The van der Waals surface area contributed by atoms with Crippen LogP contribution < -0.4 is 5.73 Å². The van der Waals surface area contributed by atoms with Gasteiger partial charge in [0.1, 0.15) is 0 Å². The van der Waals surface area contributed by atoms with Gasteiger partial charge in [0.05, 0.1) is 22.9 Å². The summed E-state index contributed by atoms with van der Waals surface area (Å²) in [7, 11) is 0. The molecule has 0 atom stereocenters. The molecule has 0 aliphatic heterocycles. The molecule has 3 N–H and O–H groups in total. The number of nitrogens with zero attached hydrogens (tertiary/aromatic N) is 2. The zero-order chi connectivity index (χ0) is 14.2. The second kappa shape index (κ2) is 4.38. The Labute approximate surface area is 109 Å². The van der Waals surface area contributed by atoms with Crippen LogP contribution in [0, 0.1) is 0 Å². The first-order valence-corrected chi connectivity index (χ1v) is 5.81. The molecule has 1 amide bonds. The summed E-state index contributed by atoms with van der Waals surface area (Å²) >= 11 is 0. The van der Waals surface area contributed by atoms with E-state index in [9.17, 15) is 14.7 Å². The fourth-order valence-corrected chi connectivity index (χ4v) is 2.21. The fourth-order valence-electron chi connectivity index (χ4n) is 2.21. The summed E-state index contributed by atoms with van der Waals surface area (Å²) in [6.07, 6.45) is 1.65. The van der Waals surface area contributed by atoms with E-state index < -0.39 is 17.4 Å². The molecule has 0 saturated heterocycles. The molecule has 2 rings (SSSR count). The first-order chi connectivity index (χ1) is 8.83. The van der Waals surface area contributed by atoms with Crippen LogP contribution in [0.3, 0.4) is 0 Å². The maximum absolute atomic E-state index is 11.3. The number of carbonyl (C=O) groups is 2. The van der Waals surface area contributed by atoms with Gasteiger partial charge in [-0.2, -0.15) is 0 Å². The Morgan fingerprint density at radius 1 is 1.42 bits per heavy atom. The number of fused-ring (bicyclic) bond motifs is 1. The molecule has 1 aromatic heterocycles. The van der Waals surface area contributed by atoms with Crippen molar-refractivity contribution in [2.24, 2.45) is 5.73 Å². The first-order valence-electron chi connectivity index (χ1n) is 5.81. The quantitative estimate of drug-likeness (QED) is 0.867. The van der Waals surface area contributed by atoms with Gasteiger partial charge in [-0.25, -0.2) is 9.78 Å². The number of para-hydroxylation sites is 1. The third-order valence-corrected chi connectivity index (χ3v) is 3.06. The van der Waals surface area contributed by atoms with Gasteiger partial charge in [-0.15, -0.1) is 0 Å². The number of hydrogen-bond donors (Lipinski definition) is 2. The smallest absolute Gasteiger partial charge is 0.337 e. The molecule has 6 nitrogen and oxygen atoms in total. The lowest BCUT2D eigenvalue weighted by Crippen LogP contribution is -2.32. The Hall–Kier alpha value is -2.37. The maximum atomic E-state index is 11.3. The number of carboxylic acids is 1. The lowest BCUT2D eigenvalue weighted by atomic mass is 9.99. The molecule has 6 heteroatoms. The molecular formula is C13H15N3O3. The van der Waals surface area contributed by atoms with Gasteiger partial charge in [0.2, 0.25) is 5.91 Å². The predicted molar refractivity (Wildman–Crippen MR) is 69.8 cm³/mol. The predicted octanol–water partition coefficient (Wildman–Crippen LogP) is 1.34. The molecule has 0 bridgehead atoms. The number of hydrogen-bond acceptors (Lipinski definition) is 3. The topological polar surface area (TPSA) is 98.2 Å². The highest BCUT2D eigenvalue weighted by Gasteiger charge is 2.26. The van der Waals surface area contributed by atoms with Crippen molar-refractivity contribution in [3.8, 4) is 0 Å². The first kappa shape index (κ1) is 13.1. The van der Waals surface area contributed by atoms with Crippen molar-refractivity contribution < 1.29 is 14.7 Å². The molecule has 1 heterocycles. The number of amides is 1. The van der Waals surface area contributed by atoms with Crippen molar-refractivity contribution in [2.45, 2.75) is 25.8 Å². The summed E-state index contributed by atoms with van der Waals surface area (Å²) in [5, 5.41) is 9.24. The molecule has 2 aromatic rings. The summed E-state index contributed by atoms with van der Waals surface area (Å²) < 4.78 is 1.69. The van der Waals surface area contributed by atoms with Crippen molar-refractivity contribution in [3.05, 3.63) is 30.1 Å². The highest BCUT2D eigenvalue weighted by Crippen LogP contribution is 2.27. The van der Waals surface area contributed by atoms with Crippen LogP contribution >= 0.6 is 0 Å². The number of nitrogens with two attached hydrogens (primary N) is 1. The third-order valence-electron chi connectivity index (χ3n) is 3.06. The summed E-state index contributed by atoms with van der Waals surface area (Å²) in [6.45, 7) is 3.63. The van der Waals surface area contributed by atoms with Crippen LogP contribution in [0.15, 0.2) is 24.5 Å². The molecule has 0 fully saturated rings. The molecule has 0 saturated carbocycles. The molecular weight excluding hydrogens is 246 g/mol. The van der Waals surface area contributed by atoms with Gasteiger partial charge in [-0.3, -0.25) is 4.79 Å². The lowest BCUT2D eigenvalue weighted by Gasteiger charge is -2.26. The van der Waals surface area contributed by atoms with Crippen molar-refractivity contribution >= 4 is 22.9 Å². The van der Waals surface area contributed by atoms with E-state index in [1.165, 1.54) is 6.07 Å². The zero-order valence-corrected chi connectivity index (χ0v) is 10.8. The van der Waals surface area contributed by atoms with Crippen molar-refractivity contribution in [1.82, 2.24) is 9.55 Å². The number of carbonyl (C=O) groups excluding carboxylic acids is 1. The molecule has 0 aliphatic rings. The van der Waals surface area contributed by atoms with Crippen molar-refractivity contribution in [1.29, 1.82) is 0 Å². The minimum absolute atomic E-state index is 0.104. The van der Waals surface area contributed by atoms with Crippen LogP contribution in [0.4, 0.5) is 0 Å². The van der Waals surface area contributed by atoms with Crippen LogP contribution in [0.1, 0.15) is 30.6 Å². The zero-order valence-electron chi connectivity index (χ0n) is 10.8. The van der Waals surface area contributed by atoms with Gasteiger partial charge >= 0.3 is 5.97 Å². The van der Waals surface area contributed by atoms with Gasteiger partial charge in [0.25, 0.3) is 0 Å². The van der Waals surface area contributed by atoms with E-state index in [0.717, 1.165) is 0 Å². The second-order valence-corrected chi connectivity index (χ2v) is 5.05. The number of aromatic nitrogens is 2. The Morgan fingerprint density at radius 2 is 2.11 bits per heavy atom. The highest BCUT2D eigenvalue weighted by molar-refractivity contribution is 6.01. The van der Waals surface area contributed by atoms with Gasteiger partial charge < -0.3 is 15.4 Å². The summed E-state index contributed by atoms with van der Waals surface area (Å²) in [5.74, 6) is -1.47. The van der Waals surface area contributed by atoms with Gasteiger partial charge in [0.15, 0.2) is 0 Å². The number of carboxylic acid groups (broad SMARTS) is 1. The normalized spacial score (nSPS) is 11.7. The highest BCUT2D eigenvalue weighted by atomic mass is 16.4. The lowest BCUT2D eigenvalue weighted by molar-refractivity contribution is -0.119. The average molecular weight is 261 g/mol. The van der Waals surface area contributed by atoms with E-state index >= 15 is 0 Å². The van der Waals surface area contributed by atoms with Gasteiger partial charge in [0, 0.05) is 12.0 Å². The van der Waals surface area contributed by atoms with Crippen LogP contribution in [-0.2, 0) is 10.3 Å². The summed E-state index contributed by atoms with van der Waals surface area (Å²) in [5.41, 5.74) is 5.85. The number of aromatic carboxylic acids is 1. The minimum atomic E-state index is -1.03. The number of benzene rings is 1. The molecule has 0 spiro atoms. The van der Waals surface area contributed by atoms with E-state index in [-0.39, 0.29) is 12.0 Å². The number of imidazole rings is 1. The molecule has 19 heavy (non-hydrogen) atoms. The number of primary amides is 1. The van der Waals surface area contributed by atoms with E-state index in [1.54, 1.807) is 23.0 Å². The van der Waals surface area contributed by atoms with Crippen LogP contribution in [0.5, 0.6) is 0 Å². The largest absolute Gasteiger partial charge is 0.478 e.